The molecule has 1 fully saturated rings. The van der Waals surface area contributed by atoms with Crippen LogP contribution in [0.2, 0.25) is 0 Å². The van der Waals surface area contributed by atoms with Crippen LogP contribution < -0.4 is 5.32 Å². The zero-order valence-electron chi connectivity index (χ0n) is 9.62. The third kappa shape index (κ3) is 1.76. The van der Waals surface area contributed by atoms with Crippen LogP contribution >= 0.6 is 11.3 Å². The molecule has 16 heavy (non-hydrogen) atoms. The molecule has 0 saturated heterocycles. The molecule has 1 saturated carbocycles. The highest BCUT2D eigenvalue weighted by Gasteiger charge is 2.16. The second kappa shape index (κ2) is 4.19. The molecule has 1 N–H and O–H groups in total. The summed E-state index contributed by atoms with van der Waals surface area (Å²) in [5.74, 6) is 0. The maximum Gasteiger partial charge on any atom is 0.0375 e. The van der Waals surface area contributed by atoms with Crippen molar-refractivity contribution >= 4 is 21.4 Å². The van der Waals surface area contributed by atoms with Crippen molar-refractivity contribution in [2.24, 2.45) is 0 Å². The highest BCUT2D eigenvalue weighted by Crippen LogP contribution is 2.29. The highest BCUT2D eigenvalue weighted by atomic mass is 32.1. The first-order valence-electron chi connectivity index (χ1n) is 6.03. The summed E-state index contributed by atoms with van der Waals surface area (Å²) in [6, 6.07) is 7.38. The third-order valence-corrected chi connectivity index (χ3v) is 4.74. The number of rotatable bonds is 3. The van der Waals surface area contributed by atoms with E-state index in [-0.39, 0.29) is 0 Å². The Hall–Kier alpha value is -0.860. The second-order valence-corrected chi connectivity index (χ2v) is 5.60. The van der Waals surface area contributed by atoms with E-state index in [1.807, 2.05) is 11.3 Å². The Balaban J connectivity index is 1.83. The van der Waals surface area contributed by atoms with Crippen molar-refractivity contribution in [3.8, 4) is 0 Å². The molecular weight excluding hydrogens is 214 g/mol. The molecule has 0 bridgehead atoms. The SMILES string of the molecule is Cc1cccc2c(CNC3CCC3)csc12. The van der Waals surface area contributed by atoms with Gasteiger partial charge in [0.25, 0.3) is 0 Å². The van der Waals surface area contributed by atoms with Gasteiger partial charge in [-0.05, 0) is 41.7 Å². The fourth-order valence-electron chi connectivity index (χ4n) is 2.26. The zero-order valence-corrected chi connectivity index (χ0v) is 10.4. The minimum atomic E-state index is 0.778. The Labute approximate surface area is 100 Å². The predicted octanol–water partition coefficient (Wildman–Crippen LogP) is 3.85. The van der Waals surface area contributed by atoms with Gasteiger partial charge in [-0.1, -0.05) is 24.6 Å². The fourth-order valence-corrected chi connectivity index (χ4v) is 3.31. The molecule has 84 valence electrons. The molecule has 3 rings (SSSR count). The van der Waals surface area contributed by atoms with E-state index in [0.29, 0.717) is 0 Å². The lowest BCUT2D eigenvalue weighted by Crippen LogP contribution is -2.34. The summed E-state index contributed by atoms with van der Waals surface area (Å²) in [5.41, 5.74) is 2.87. The molecule has 1 aliphatic rings. The summed E-state index contributed by atoms with van der Waals surface area (Å²) >= 11 is 1.88. The van der Waals surface area contributed by atoms with Crippen molar-refractivity contribution in [1.29, 1.82) is 0 Å². The molecule has 0 unspecified atom stereocenters. The van der Waals surface area contributed by atoms with Crippen molar-refractivity contribution in [3.63, 3.8) is 0 Å². The van der Waals surface area contributed by atoms with Gasteiger partial charge in [0, 0.05) is 17.3 Å². The van der Waals surface area contributed by atoms with Crippen molar-refractivity contribution in [2.75, 3.05) is 0 Å². The number of fused-ring (bicyclic) bond motifs is 1. The predicted molar refractivity (Wildman–Crippen MR) is 71.0 cm³/mol. The lowest BCUT2D eigenvalue weighted by molar-refractivity contribution is 0.339. The first-order valence-corrected chi connectivity index (χ1v) is 6.91. The van der Waals surface area contributed by atoms with E-state index in [4.69, 9.17) is 0 Å². The van der Waals surface area contributed by atoms with E-state index in [0.717, 1.165) is 12.6 Å². The van der Waals surface area contributed by atoms with Crippen LogP contribution in [0.1, 0.15) is 30.4 Å². The van der Waals surface area contributed by atoms with Crippen LogP contribution in [0.5, 0.6) is 0 Å². The average Bonchev–Trinajstić information content (AvgIpc) is 2.61. The lowest BCUT2D eigenvalue weighted by Gasteiger charge is -2.26. The van der Waals surface area contributed by atoms with Crippen LogP contribution in [0, 0.1) is 6.92 Å². The number of benzene rings is 1. The summed E-state index contributed by atoms with van der Waals surface area (Å²) in [6.07, 6.45) is 4.13. The van der Waals surface area contributed by atoms with E-state index in [2.05, 4.69) is 35.8 Å². The maximum absolute atomic E-state index is 3.64. The Morgan fingerprint density at radius 3 is 3.00 bits per heavy atom. The molecule has 0 aliphatic heterocycles. The second-order valence-electron chi connectivity index (χ2n) is 4.72. The van der Waals surface area contributed by atoms with Crippen LogP contribution in [0.4, 0.5) is 0 Å². The van der Waals surface area contributed by atoms with E-state index in [9.17, 15) is 0 Å². The minimum absolute atomic E-state index is 0.778. The van der Waals surface area contributed by atoms with Crippen molar-refractivity contribution in [1.82, 2.24) is 5.32 Å². The topological polar surface area (TPSA) is 12.0 Å². The van der Waals surface area contributed by atoms with Gasteiger partial charge in [-0.2, -0.15) is 0 Å². The smallest absolute Gasteiger partial charge is 0.0375 e. The normalized spacial score (nSPS) is 16.6. The van der Waals surface area contributed by atoms with E-state index >= 15 is 0 Å². The van der Waals surface area contributed by atoms with Crippen molar-refractivity contribution < 1.29 is 0 Å². The molecule has 1 aromatic carbocycles. The quantitative estimate of drug-likeness (QED) is 0.846. The van der Waals surface area contributed by atoms with Gasteiger partial charge < -0.3 is 5.32 Å². The number of nitrogens with one attached hydrogen (secondary N) is 1. The van der Waals surface area contributed by atoms with Gasteiger partial charge >= 0.3 is 0 Å². The largest absolute Gasteiger partial charge is 0.310 e. The number of hydrogen-bond donors (Lipinski definition) is 1. The molecule has 0 amide bonds. The van der Waals surface area contributed by atoms with Crippen LogP contribution in [-0.2, 0) is 6.54 Å². The monoisotopic (exact) mass is 231 g/mol. The van der Waals surface area contributed by atoms with Crippen LogP contribution in [0.25, 0.3) is 10.1 Å². The molecule has 1 aromatic heterocycles. The van der Waals surface area contributed by atoms with Gasteiger partial charge in [0.15, 0.2) is 0 Å². The van der Waals surface area contributed by atoms with Gasteiger partial charge in [0.1, 0.15) is 0 Å². The number of aryl methyl sites for hydroxylation is 1. The number of hydrogen-bond acceptors (Lipinski definition) is 2. The first-order chi connectivity index (χ1) is 7.84. The van der Waals surface area contributed by atoms with E-state index < -0.39 is 0 Å². The summed E-state index contributed by atoms with van der Waals surface area (Å²) in [4.78, 5) is 0. The van der Waals surface area contributed by atoms with Gasteiger partial charge in [-0.15, -0.1) is 11.3 Å². The molecule has 0 atom stereocenters. The molecule has 1 heterocycles. The Kier molecular flexibility index (Phi) is 2.70. The van der Waals surface area contributed by atoms with Gasteiger partial charge in [0.2, 0.25) is 0 Å². The summed E-state index contributed by atoms with van der Waals surface area (Å²) in [5, 5.41) is 7.39. The molecule has 0 radical (unpaired) electrons. The zero-order chi connectivity index (χ0) is 11.0. The Bertz CT molecular complexity index is 496. The molecule has 1 nitrogen and oxygen atoms in total. The minimum Gasteiger partial charge on any atom is -0.310 e. The molecule has 1 aliphatic carbocycles. The average molecular weight is 231 g/mol. The molecule has 2 aromatic rings. The van der Waals surface area contributed by atoms with Crippen LogP contribution in [0.15, 0.2) is 23.6 Å². The van der Waals surface area contributed by atoms with Crippen LogP contribution in [-0.4, -0.2) is 6.04 Å². The van der Waals surface area contributed by atoms with Gasteiger partial charge in [-0.3, -0.25) is 0 Å². The highest BCUT2D eigenvalue weighted by molar-refractivity contribution is 7.17. The first kappa shape index (κ1) is 10.3. The van der Waals surface area contributed by atoms with Gasteiger partial charge in [0.05, 0.1) is 0 Å². The number of thiophene rings is 1. The standard InChI is InChI=1S/C14H17NS/c1-10-4-2-7-13-11(9-16-14(10)13)8-15-12-5-3-6-12/h2,4,7,9,12,15H,3,5-6,8H2,1H3. The van der Waals surface area contributed by atoms with Crippen LogP contribution in [0.3, 0.4) is 0 Å². The van der Waals surface area contributed by atoms with E-state index in [1.54, 1.807) is 0 Å². The Morgan fingerprint density at radius 1 is 1.38 bits per heavy atom. The lowest BCUT2D eigenvalue weighted by atomic mass is 9.93. The van der Waals surface area contributed by atoms with Crippen molar-refractivity contribution in [2.45, 2.75) is 38.8 Å². The van der Waals surface area contributed by atoms with Crippen molar-refractivity contribution in [3.05, 3.63) is 34.7 Å². The molecule has 0 spiro atoms. The third-order valence-electron chi connectivity index (χ3n) is 3.56. The molecular formula is C14H17NS. The van der Waals surface area contributed by atoms with Gasteiger partial charge in [-0.25, -0.2) is 0 Å². The summed E-state index contributed by atoms with van der Waals surface area (Å²) in [6.45, 7) is 3.23. The summed E-state index contributed by atoms with van der Waals surface area (Å²) < 4.78 is 1.45. The summed E-state index contributed by atoms with van der Waals surface area (Å²) in [7, 11) is 0. The Morgan fingerprint density at radius 2 is 2.25 bits per heavy atom. The molecule has 2 heteroatoms. The maximum atomic E-state index is 3.64. The van der Waals surface area contributed by atoms with E-state index in [1.165, 1.54) is 40.5 Å². The fraction of sp³-hybridized carbons (Fsp3) is 0.429.